The molecule has 2 N–H and O–H groups in total. The summed E-state index contributed by atoms with van der Waals surface area (Å²) in [5.74, 6) is -0.892. The van der Waals surface area contributed by atoms with Crippen LogP contribution in [0.15, 0.2) is 48.5 Å². The van der Waals surface area contributed by atoms with Gasteiger partial charge >= 0.3 is 6.18 Å². The Morgan fingerprint density at radius 3 is 2.28 bits per heavy atom. The molecule has 0 radical (unpaired) electrons. The number of piperidine rings is 2. The van der Waals surface area contributed by atoms with Crippen LogP contribution in [0, 0.1) is 19.7 Å². The predicted molar refractivity (Wildman–Crippen MR) is 226 cm³/mol. The van der Waals surface area contributed by atoms with E-state index in [1.165, 1.54) is 24.0 Å². The maximum atomic E-state index is 15.4. The molecule has 1 unspecified atom stereocenters. The molecule has 4 aromatic rings. The van der Waals surface area contributed by atoms with Gasteiger partial charge in [0.2, 0.25) is 11.8 Å². The SMILES string of the molecule is Cc1c([C@@H](C)Nc2nnc(C)c3ccc(N4CCN(CCCCCN5CCC(c6cc7c(cc6F)C(=O)N(C6CCC(=O)NC6=O)C7)CC5)CC4)cc23)cccc1C(F)(F)F. The number of aromatic nitrogens is 2. The minimum absolute atomic E-state index is 0.0807. The summed E-state index contributed by atoms with van der Waals surface area (Å²) in [6.45, 7) is 13.1. The van der Waals surface area contributed by atoms with E-state index in [9.17, 15) is 27.6 Å². The van der Waals surface area contributed by atoms with Crippen molar-refractivity contribution < 1.29 is 31.9 Å². The number of carbonyl (C=O) groups excluding carboxylic acids is 3. The van der Waals surface area contributed by atoms with Crippen LogP contribution < -0.4 is 15.5 Å². The van der Waals surface area contributed by atoms with Crippen LogP contribution in [-0.4, -0.2) is 101 Å². The van der Waals surface area contributed by atoms with Crippen LogP contribution in [0.25, 0.3) is 10.8 Å². The second kappa shape index (κ2) is 17.7. The largest absolute Gasteiger partial charge is 0.416 e. The molecular formula is C46H54F4N8O3. The number of hydrogen-bond donors (Lipinski definition) is 2. The van der Waals surface area contributed by atoms with E-state index in [1.807, 2.05) is 19.9 Å². The van der Waals surface area contributed by atoms with Gasteiger partial charge in [-0.1, -0.05) is 30.7 Å². The number of benzene rings is 3. The zero-order valence-corrected chi connectivity index (χ0v) is 35.1. The van der Waals surface area contributed by atoms with Crippen molar-refractivity contribution >= 4 is 40.0 Å². The van der Waals surface area contributed by atoms with Gasteiger partial charge < -0.3 is 20.0 Å². The summed E-state index contributed by atoms with van der Waals surface area (Å²) in [6.07, 6.45) is 1.11. The van der Waals surface area contributed by atoms with Crippen molar-refractivity contribution in [1.82, 2.24) is 30.2 Å². The van der Waals surface area contributed by atoms with Gasteiger partial charge in [-0.2, -0.15) is 18.3 Å². The first-order valence-corrected chi connectivity index (χ1v) is 21.6. The number of carbonyl (C=O) groups is 3. The first-order chi connectivity index (χ1) is 29.2. The summed E-state index contributed by atoms with van der Waals surface area (Å²) >= 11 is 0. The van der Waals surface area contributed by atoms with E-state index in [4.69, 9.17) is 0 Å². The van der Waals surface area contributed by atoms with E-state index in [0.29, 0.717) is 22.5 Å². The number of likely N-dealkylation sites (tertiary alicyclic amines) is 1. The van der Waals surface area contributed by atoms with Crippen LogP contribution in [0.2, 0.25) is 0 Å². The molecule has 11 nitrogen and oxygen atoms in total. The minimum Gasteiger partial charge on any atom is -0.369 e. The predicted octanol–water partition coefficient (Wildman–Crippen LogP) is 7.51. The Labute approximate surface area is 353 Å². The van der Waals surface area contributed by atoms with Crippen molar-refractivity contribution in [1.29, 1.82) is 0 Å². The number of piperazine rings is 1. The van der Waals surface area contributed by atoms with E-state index in [1.54, 1.807) is 6.07 Å². The molecule has 3 aromatic carbocycles. The van der Waals surface area contributed by atoms with Crippen molar-refractivity contribution in [3.8, 4) is 0 Å². The molecule has 2 atom stereocenters. The Balaban J connectivity index is 0.774. The number of nitrogens with one attached hydrogen (secondary N) is 2. The highest BCUT2D eigenvalue weighted by molar-refractivity contribution is 6.05. The number of anilines is 2. The zero-order chi connectivity index (χ0) is 43.0. The molecule has 324 valence electrons. The summed E-state index contributed by atoms with van der Waals surface area (Å²) in [5.41, 5.74) is 3.71. The van der Waals surface area contributed by atoms with Gasteiger partial charge in [0.05, 0.1) is 17.3 Å². The normalized spacial score (nSPS) is 20.0. The Morgan fingerprint density at radius 1 is 0.852 bits per heavy atom. The molecular weight excluding hydrogens is 789 g/mol. The fourth-order valence-electron chi connectivity index (χ4n) is 9.76. The highest BCUT2D eigenvalue weighted by atomic mass is 19.4. The quantitative estimate of drug-likeness (QED) is 0.0851. The molecule has 3 saturated heterocycles. The monoisotopic (exact) mass is 842 g/mol. The number of aryl methyl sites for hydroxylation is 1. The maximum Gasteiger partial charge on any atom is 0.416 e. The van der Waals surface area contributed by atoms with E-state index in [2.05, 4.69) is 53.7 Å². The highest BCUT2D eigenvalue weighted by Gasteiger charge is 2.40. The topological polar surface area (TPSA) is 114 Å². The molecule has 4 aliphatic heterocycles. The number of hydrogen-bond acceptors (Lipinski definition) is 9. The van der Waals surface area contributed by atoms with Crippen LogP contribution in [0.3, 0.4) is 0 Å². The summed E-state index contributed by atoms with van der Waals surface area (Å²) in [7, 11) is 0. The average Bonchev–Trinajstić information content (AvgIpc) is 3.55. The average molecular weight is 843 g/mol. The molecule has 0 aliphatic carbocycles. The second-order valence-electron chi connectivity index (χ2n) is 17.2. The van der Waals surface area contributed by atoms with E-state index < -0.39 is 29.7 Å². The summed E-state index contributed by atoms with van der Waals surface area (Å²) < 4.78 is 56.3. The van der Waals surface area contributed by atoms with Gasteiger partial charge in [0.1, 0.15) is 11.9 Å². The molecule has 5 heterocycles. The Hall–Kier alpha value is -5.15. The smallest absolute Gasteiger partial charge is 0.369 e. The van der Waals surface area contributed by atoms with E-state index in [0.717, 1.165) is 118 Å². The van der Waals surface area contributed by atoms with Gasteiger partial charge in [-0.15, -0.1) is 5.10 Å². The van der Waals surface area contributed by atoms with Crippen molar-refractivity contribution in [2.45, 2.75) is 96.4 Å². The van der Waals surface area contributed by atoms with Crippen LogP contribution >= 0.6 is 0 Å². The number of unbranched alkanes of at least 4 members (excludes halogenated alkanes) is 2. The molecule has 3 fully saturated rings. The molecule has 1 aromatic heterocycles. The molecule has 0 spiro atoms. The molecule has 0 saturated carbocycles. The highest BCUT2D eigenvalue weighted by Crippen LogP contribution is 2.38. The third kappa shape index (κ3) is 9.09. The third-order valence-electron chi connectivity index (χ3n) is 13.3. The number of alkyl halides is 3. The molecule has 4 aliphatic rings. The van der Waals surface area contributed by atoms with Gasteiger partial charge in [0, 0.05) is 61.2 Å². The van der Waals surface area contributed by atoms with Gasteiger partial charge in [-0.05, 0) is 131 Å². The van der Waals surface area contributed by atoms with Gasteiger partial charge in [0.15, 0.2) is 5.82 Å². The zero-order valence-electron chi connectivity index (χ0n) is 35.1. The van der Waals surface area contributed by atoms with Gasteiger partial charge in [-0.3, -0.25) is 24.6 Å². The van der Waals surface area contributed by atoms with Crippen molar-refractivity contribution in [3.63, 3.8) is 0 Å². The molecule has 3 amide bonds. The van der Waals surface area contributed by atoms with Crippen LogP contribution in [-0.2, 0) is 22.3 Å². The standard InChI is InChI=1S/C46H54F4N8O3/c1-28-34(8-7-9-39(28)46(48,49)50)29(2)51-43-38-25-33(10-11-35(38)30(3)53-54-43)57-22-20-56(21-23-57)17-6-4-5-16-55-18-14-31(15-19-55)36-24-32-27-58(45(61)37(32)26-40(36)47)41-12-13-42(59)52-44(41)60/h7-11,24-26,29,31,41H,4-6,12-23,27H2,1-3H3,(H,51,54)(H,52,59,60)/t29-,41?/m1/s1. The number of imide groups is 1. The van der Waals surface area contributed by atoms with E-state index in [-0.39, 0.29) is 48.5 Å². The molecule has 0 bridgehead atoms. The van der Waals surface area contributed by atoms with Crippen molar-refractivity contribution in [3.05, 3.63) is 93.4 Å². The van der Waals surface area contributed by atoms with Crippen LogP contribution in [0.1, 0.15) is 108 Å². The number of halogens is 4. The van der Waals surface area contributed by atoms with E-state index >= 15 is 4.39 Å². The third-order valence-corrected chi connectivity index (χ3v) is 13.3. The fourth-order valence-corrected chi connectivity index (χ4v) is 9.76. The van der Waals surface area contributed by atoms with Crippen molar-refractivity contribution in [2.24, 2.45) is 0 Å². The number of nitrogens with zero attached hydrogens (tertiary/aromatic N) is 6. The van der Waals surface area contributed by atoms with Crippen LogP contribution in [0.4, 0.5) is 29.1 Å². The van der Waals surface area contributed by atoms with Crippen LogP contribution in [0.5, 0.6) is 0 Å². The Kier molecular flexibility index (Phi) is 12.3. The Bertz CT molecular complexity index is 2300. The number of fused-ring (bicyclic) bond motifs is 2. The molecule has 61 heavy (non-hydrogen) atoms. The summed E-state index contributed by atoms with van der Waals surface area (Å²) in [5, 5.41) is 16.3. The Morgan fingerprint density at radius 2 is 1.57 bits per heavy atom. The van der Waals surface area contributed by atoms with Crippen molar-refractivity contribution in [2.75, 3.05) is 62.6 Å². The molecule has 8 rings (SSSR count). The first kappa shape index (κ1) is 42.5. The maximum absolute atomic E-state index is 15.4. The fraction of sp³-hybridized carbons (Fsp3) is 0.500. The lowest BCUT2D eigenvalue weighted by Crippen LogP contribution is -2.52. The lowest BCUT2D eigenvalue weighted by Gasteiger charge is -2.36. The lowest BCUT2D eigenvalue weighted by atomic mass is 9.87. The van der Waals surface area contributed by atoms with Gasteiger partial charge in [0.25, 0.3) is 5.91 Å². The van der Waals surface area contributed by atoms with Gasteiger partial charge in [-0.25, -0.2) is 4.39 Å². The first-order valence-electron chi connectivity index (χ1n) is 21.6. The number of amides is 3. The lowest BCUT2D eigenvalue weighted by molar-refractivity contribution is -0.138. The summed E-state index contributed by atoms with van der Waals surface area (Å²) in [6, 6.07) is 12.6. The number of rotatable bonds is 12. The summed E-state index contributed by atoms with van der Waals surface area (Å²) in [4.78, 5) is 46.0. The second-order valence-corrected chi connectivity index (χ2v) is 17.2. The molecule has 15 heteroatoms. The minimum atomic E-state index is -4.42.